The van der Waals surface area contributed by atoms with Crippen LogP contribution in [0.4, 0.5) is 0 Å². The molecule has 5 heteroatoms. The highest BCUT2D eigenvalue weighted by atomic mass is 16.5. The number of rotatable bonds is 4. The molecule has 0 aliphatic heterocycles. The van der Waals surface area contributed by atoms with Crippen molar-refractivity contribution in [1.29, 1.82) is 5.26 Å². The number of hydrogen-bond acceptors (Lipinski definition) is 5. The second-order valence-corrected chi connectivity index (χ2v) is 3.02. The standard InChI is InChI=1S/C11H15N3O2/c1-11(7-12,14-13)6-8-3-4-9(15)10(5-8)16-2/h3-5,14-15H,6,13H2,1-2H3/i1D3,6D2. The van der Waals surface area contributed by atoms with Crippen molar-refractivity contribution in [2.75, 3.05) is 7.11 Å². The highest BCUT2D eigenvalue weighted by molar-refractivity contribution is 5.42. The summed E-state index contributed by atoms with van der Waals surface area (Å²) < 4.78 is 43.3. The monoisotopic (exact) mass is 226 g/mol. The molecule has 0 heterocycles. The van der Waals surface area contributed by atoms with Gasteiger partial charge in [-0.25, -0.2) is 5.43 Å². The number of phenols is 1. The molecular weight excluding hydrogens is 206 g/mol. The van der Waals surface area contributed by atoms with Gasteiger partial charge >= 0.3 is 0 Å². The SMILES string of the molecule is [2H]C([2H])([2H])C(C#N)(NN)C([2H])([2H])c1ccc(O)c(OC)c1. The first-order valence-electron chi connectivity index (χ1n) is 6.84. The van der Waals surface area contributed by atoms with Crippen molar-refractivity contribution in [3.63, 3.8) is 0 Å². The lowest BCUT2D eigenvalue weighted by molar-refractivity contribution is 0.372. The number of nitrogens with one attached hydrogen (secondary N) is 1. The third-order valence-corrected chi connectivity index (χ3v) is 1.90. The summed E-state index contributed by atoms with van der Waals surface area (Å²) in [6.07, 6.45) is -2.68. The van der Waals surface area contributed by atoms with Crippen molar-refractivity contribution < 1.29 is 16.7 Å². The molecule has 0 aromatic heterocycles. The van der Waals surface area contributed by atoms with Crippen LogP contribution in [-0.4, -0.2) is 17.8 Å². The Kier molecular flexibility index (Phi) is 2.04. The quantitative estimate of drug-likeness (QED) is 0.519. The van der Waals surface area contributed by atoms with E-state index in [0.29, 0.717) is 0 Å². The van der Waals surface area contributed by atoms with E-state index in [9.17, 15) is 10.4 Å². The molecule has 1 atom stereocenters. The van der Waals surface area contributed by atoms with Crippen LogP contribution in [0.3, 0.4) is 0 Å². The van der Waals surface area contributed by atoms with E-state index in [1.807, 2.05) is 0 Å². The summed E-state index contributed by atoms with van der Waals surface area (Å²) in [6, 6.07) is 4.84. The second kappa shape index (κ2) is 4.84. The van der Waals surface area contributed by atoms with E-state index in [1.54, 1.807) is 5.43 Å². The number of aromatic hydroxyl groups is 1. The highest BCUT2D eigenvalue weighted by Gasteiger charge is 2.22. The zero-order valence-corrected chi connectivity index (χ0v) is 8.61. The van der Waals surface area contributed by atoms with Gasteiger partial charge in [0.05, 0.1) is 13.2 Å². The summed E-state index contributed by atoms with van der Waals surface area (Å²) >= 11 is 0. The molecule has 0 aliphatic carbocycles. The fraction of sp³-hybridized carbons (Fsp3) is 0.364. The molecule has 0 saturated carbocycles. The molecule has 0 saturated heterocycles. The fourth-order valence-electron chi connectivity index (χ4n) is 1.07. The van der Waals surface area contributed by atoms with Crippen LogP contribution in [0.15, 0.2) is 18.2 Å². The van der Waals surface area contributed by atoms with Crippen LogP contribution in [0.2, 0.25) is 0 Å². The minimum Gasteiger partial charge on any atom is -0.504 e. The molecule has 0 radical (unpaired) electrons. The lowest BCUT2D eigenvalue weighted by Crippen LogP contribution is -2.47. The zero-order chi connectivity index (χ0) is 16.5. The summed E-state index contributed by atoms with van der Waals surface area (Å²) in [6.45, 7) is -3.04. The maximum atomic E-state index is 9.51. The Bertz CT molecular complexity index is 570. The molecule has 4 N–H and O–H groups in total. The number of phenolic OH excluding ortho intramolecular Hbond substituents is 1. The van der Waals surface area contributed by atoms with Crippen molar-refractivity contribution in [1.82, 2.24) is 5.43 Å². The van der Waals surface area contributed by atoms with Gasteiger partial charge in [0.15, 0.2) is 11.5 Å². The van der Waals surface area contributed by atoms with Gasteiger partial charge in [-0.1, -0.05) is 6.07 Å². The second-order valence-electron chi connectivity index (χ2n) is 3.02. The Morgan fingerprint density at radius 3 is 3.06 bits per heavy atom. The van der Waals surface area contributed by atoms with Crippen LogP contribution < -0.4 is 16.0 Å². The highest BCUT2D eigenvalue weighted by Crippen LogP contribution is 2.27. The average molecular weight is 226 g/mol. The van der Waals surface area contributed by atoms with E-state index < -0.39 is 18.8 Å². The zero-order valence-electron chi connectivity index (χ0n) is 13.6. The minimum absolute atomic E-state index is 0.0502. The summed E-state index contributed by atoms with van der Waals surface area (Å²) in [4.78, 5) is 0. The summed E-state index contributed by atoms with van der Waals surface area (Å²) in [5.41, 5.74) is -1.04. The largest absolute Gasteiger partial charge is 0.504 e. The number of hydrazine groups is 1. The Morgan fingerprint density at radius 2 is 2.56 bits per heavy atom. The van der Waals surface area contributed by atoms with E-state index >= 15 is 0 Å². The topological polar surface area (TPSA) is 91.3 Å². The predicted molar refractivity (Wildman–Crippen MR) is 59.7 cm³/mol. The lowest BCUT2D eigenvalue weighted by atomic mass is 9.95. The maximum absolute atomic E-state index is 9.51. The van der Waals surface area contributed by atoms with Crippen LogP contribution >= 0.6 is 0 Å². The van der Waals surface area contributed by atoms with E-state index in [2.05, 4.69) is 0 Å². The molecule has 1 unspecified atom stereocenters. The minimum atomic E-state index is -3.04. The number of nitriles is 1. The molecule has 1 aromatic rings. The molecule has 1 rings (SSSR count). The lowest BCUT2D eigenvalue weighted by Gasteiger charge is -2.20. The number of nitrogens with zero attached hydrogens (tertiary/aromatic N) is 1. The molecule has 1 aromatic carbocycles. The van der Waals surface area contributed by atoms with Crippen LogP contribution in [0.5, 0.6) is 11.5 Å². The van der Waals surface area contributed by atoms with Crippen molar-refractivity contribution >= 4 is 0 Å². The van der Waals surface area contributed by atoms with E-state index in [0.717, 1.165) is 18.2 Å². The van der Waals surface area contributed by atoms with Gasteiger partial charge in [0.25, 0.3) is 0 Å². The van der Waals surface area contributed by atoms with E-state index in [4.69, 9.17) is 17.4 Å². The van der Waals surface area contributed by atoms with E-state index in [1.165, 1.54) is 13.2 Å². The van der Waals surface area contributed by atoms with Crippen molar-refractivity contribution in [2.24, 2.45) is 5.84 Å². The summed E-state index contributed by atoms with van der Waals surface area (Å²) in [7, 11) is 1.26. The smallest absolute Gasteiger partial charge is 0.160 e. The molecule has 0 amide bonds. The van der Waals surface area contributed by atoms with Gasteiger partial charge in [0.1, 0.15) is 5.54 Å². The number of nitrogens with two attached hydrogens (primary N) is 1. The molecular formula is C11H15N3O2. The fourth-order valence-corrected chi connectivity index (χ4v) is 1.07. The Labute approximate surface area is 101 Å². The van der Waals surface area contributed by atoms with Crippen molar-refractivity contribution in [2.45, 2.75) is 18.8 Å². The Hall–Kier alpha value is -1.77. The molecule has 0 aliphatic rings. The number of ether oxygens (including phenoxy) is 1. The summed E-state index contributed by atoms with van der Waals surface area (Å²) in [5, 5.41) is 18.7. The molecule has 5 nitrogen and oxygen atoms in total. The predicted octanol–water partition coefficient (Wildman–Crippen LogP) is 0.689. The van der Waals surface area contributed by atoms with Gasteiger partial charge in [0.2, 0.25) is 0 Å². The number of hydrogen-bond donors (Lipinski definition) is 3. The van der Waals surface area contributed by atoms with Gasteiger partial charge < -0.3 is 9.84 Å². The van der Waals surface area contributed by atoms with Crippen molar-refractivity contribution in [3.05, 3.63) is 23.8 Å². The Morgan fingerprint density at radius 1 is 1.81 bits per heavy atom. The molecule has 86 valence electrons. The van der Waals surface area contributed by atoms with Gasteiger partial charge in [-0.3, -0.25) is 5.84 Å². The molecule has 0 fully saturated rings. The first kappa shape index (κ1) is 6.74. The van der Waals surface area contributed by atoms with Gasteiger partial charge in [-0.15, -0.1) is 0 Å². The van der Waals surface area contributed by atoms with Crippen molar-refractivity contribution in [3.8, 4) is 17.6 Å². The van der Waals surface area contributed by atoms with Gasteiger partial charge in [-0.2, -0.15) is 5.26 Å². The van der Waals surface area contributed by atoms with Crippen LogP contribution in [0, 0.1) is 11.3 Å². The van der Waals surface area contributed by atoms with Crippen LogP contribution in [0.25, 0.3) is 0 Å². The third-order valence-electron chi connectivity index (χ3n) is 1.90. The van der Waals surface area contributed by atoms with Gasteiger partial charge in [0, 0.05) is 13.2 Å². The van der Waals surface area contributed by atoms with Crippen LogP contribution in [-0.2, 0) is 6.37 Å². The van der Waals surface area contributed by atoms with Crippen LogP contribution in [0.1, 0.15) is 19.3 Å². The van der Waals surface area contributed by atoms with E-state index in [-0.39, 0.29) is 17.1 Å². The first-order chi connectivity index (χ1) is 9.57. The number of methoxy groups -OCH3 is 1. The molecule has 0 bridgehead atoms. The van der Waals surface area contributed by atoms with Gasteiger partial charge in [-0.05, 0) is 24.5 Å². The number of benzene rings is 1. The molecule has 0 spiro atoms. The average Bonchev–Trinajstić information content (AvgIpc) is 2.39. The third kappa shape index (κ3) is 2.63. The first-order valence-corrected chi connectivity index (χ1v) is 4.34. The Balaban J connectivity index is 3.54. The normalized spacial score (nSPS) is 20.2. The molecule has 16 heavy (non-hydrogen) atoms. The summed E-state index contributed by atoms with van der Waals surface area (Å²) in [5.74, 6) is 4.88. The maximum Gasteiger partial charge on any atom is 0.160 e.